The van der Waals surface area contributed by atoms with Gasteiger partial charge in [0.15, 0.2) is 0 Å². The van der Waals surface area contributed by atoms with Crippen molar-refractivity contribution < 1.29 is 4.21 Å². The predicted molar refractivity (Wildman–Crippen MR) is 79.8 cm³/mol. The molecule has 0 aromatic heterocycles. The number of hydrogen-bond acceptors (Lipinski definition) is 2. The maximum Gasteiger partial charge on any atom is 0.0632 e. The summed E-state index contributed by atoms with van der Waals surface area (Å²) in [6.07, 6.45) is 0. The van der Waals surface area contributed by atoms with Crippen molar-refractivity contribution in [3.05, 3.63) is 58.1 Å². The van der Waals surface area contributed by atoms with E-state index in [1.165, 1.54) is 0 Å². The predicted octanol–water partition coefficient (Wildman–Crippen LogP) is 3.65. The molecule has 2 rings (SSSR count). The summed E-state index contributed by atoms with van der Waals surface area (Å²) in [7, 11) is -1.12. The molecule has 0 radical (unpaired) electrons. The highest BCUT2D eigenvalue weighted by atomic mass is 79.9. The number of hydrogen-bond donors (Lipinski definition) is 1. The van der Waals surface area contributed by atoms with Crippen LogP contribution in [0.2, 0.25) is 0 Å². The Bertz CT molecular complexity index is 598. The molecule has 2 N–H and O–H groups in total. The van der Waals surface area contributed by atoms with Crippen molar-refractivity contribution in [2.75, 3.05) is 5.73 Å². The first-order valence-electron chi connectivity index (χ1n) is 5.56. The van der Waals surface area contributed by atoms with Gasteiger partial charge in [-0.3, -0.25) is 4.21 Å². The van der Waals surface area contributed by atoms with Gasteiger partial charge in [-0.15, -0.1) is 0 Å². The molecule has 0 heterocycles. The second-order valence-corrected chi connectivity index (χ2v) is 6.43. The van der Waals surface area contributed by atoms with Crippen LogP contribution in [-0.2, 0) is 16.6 Å². The highest BCUT2D eigenvalue weighted by Gasteiger charge is 2.10. The number of aryl methyl sites for hydroxylation is 1. The van der Waals surface area contributed by atoms with Crippen molar-refractivity contribution in [2.24, 2.45) is 0 Å². The molecule has 0 bridgehead atoms. The molecule has 1 atom stereocenters. The Morgan fingerprint density at radius 2 is 1.94 bits per heavy atom. The van der Waals surface area contributed by atoms with Gasteiger partial charge in [-0.1, -0.05) is 40.2 Å². The van der Waals surface area contributed by atoms with Gasteiger partial charge in [-0.05, 0) is 36.2 Å². The summed E-state index contributed by atoms with van der Waals surface area (Å²) in [6.45, 7) is 2.02. The van der Waals surface area contributed by atoms with Gasteiger partial charge in [0.2, 0.25) is 0 Å². The second kappa shape index (κ2) is 5.67. The Kier molecular flexibility index (Phi) is 4.19. The summed E-state index contributed by atoms with van der Waals surface area (Å²) in [5.74, 6) is 0.493. The topological polar surface area (TPSA) is 43.1 Å². The van der Waals surface area contributed by atoms with Crippen molar-refractivity contribution in [3.63, 3.8) is 0 Å². The molecule has 0 aliphatic rings. The second-order valence-electron chi connectivity index (χ2n) is 4.10. The minimum atomic E-state index is -1.12. The molecular weight excluding hydrogens is 310 g/mol. The van der Waals surface area contributed by atoms with Crippen LogP contribution in [0.1, 0.15) is 11.1 Å². The number of benzene rings is 2. The molecule has 0 amide bonds. The summed E-state index contributed by atoms with van der Waals surface area (Å²) < 4.78 is 13.2. The third-order valence-corrected chi connectivity index (χ3v) is 4.68. The van der Waals surface area contributed by atoms with E-state index in [2.05, 4.69) is 15.9 Å². The lowest BCUT2D eigenvalue weighted by Gasteiger charge is -2.08. The Morgan fingerprint density at radius 3 is 2.67 bits per heavy atom. The van der Waals surface area contributed by atoms with Crippen molar-refractivity contribution in [2.45, 2.75) is 17.6 Å². The third-order valence-electron chi connectivity index (χ3n) is 2.77. The SMILES string of the molecule is Cc1ccccc1CS(=O)c1cc(Br)ccc1N. The van der Waals surface area contributed by atoms with Crippen LogP contribution in [0.4, 0.5) is 5.69 Å². The molecule has 2 aromatic rings. The Hall–Kier alpha value is -1.13. The Labute approximate surface area is 118 Å². The van der Waals surface area contributed by atoms with E-state index in [0.717, 1.165) is 15.6 Å². The first-order chi connectivity index (χ1) is 8.58. The fourth-order valence-electron chi connectivity index (χ4n) is 1.70. The summed E-state index contributed by atoms with van der Waals surface area (Å²) in [6, 6.07) is 13.4. The van der Waals surface area contributed by atoms with Crippen molar-refractivity contribution >= 4 is 32.4 Å². The van der Waals surface area contributed by atoms with Gasteiger partial charge < -0.3 is 5.73 Å². The van der Waals surface area contributed by atoms with Crippen LogP contribution in [0.15, 0.2) is 51.8 Å². The van der Waals surface area contributed by atoms with E-state index < -0.39 is 10.8 Å². The fraction of sp³-hybridized carbons (Fsp3) is 0.143. The zero-order chi connectivity index (χ0) is 13.1. The summed E-state index contributed by atoms with van der Waals surface area (Å²) in [5.41, 5.74) is 8.69. The highest BCUT2D eigenvalue weighted by molar-refractivity contribution is 9.10. The van der Waals surface area contributed by atoms with E-state index in [-0.39, 0.29) is 0 Å². The molecule has 0 saturated heterocycles. The fourth-order valence-corrected chi connectivity index (χ4v) is 3.56. The van der Waals surface area contributed by atoms with Crippen LogP contribution in [0.3, 0.4) is 0 Å². The minimum Gasteiger partial charge on any atom is -0.398 e. The average molecular weight is 324 g/mol. The van der Waals surface area contributed by atoms with Crippen LogP contribution in [0.5, 0.6) is 0 Å². The average Bonchev–Trinajstić information content (AvgIpc) is 2.35. The van der Waals surface area contributed by atoms with Gasteiger partial charge >= 0.3 is 0 Å². The van der Waals surface area contributed by atoms with Gasteiger partial charge in [-0.2, -0.15) is 0 Å². The summed E-state index contributed by atoms with van der Waals surface area (Å²) in [5, 5.41) is 0. The number of nitrogen functional groups attached to an aromatic ring is 1. The lowest BCUT2D eigenvalue weighted by atomic mass is 10.1. The molecule has 1 unspecified atom stereocenters. The molecule has 94 valence electrons. The van der Waals surface area contributed by atoms with Gasteiger partial charge in [0, 0.05) is 10.2 Å². The molecule has 0 aliphatic heterocycles. The molecule has 0 fully saturated rings. The van der Waals surface area contributed by atoms with Crippen molar-refractivity contribution in [1.82, 2.24) is 0 Å². The zero-order valence-electron chi connectivity index (χ0n) is 10.0. The molecule has 0 aliphatic carbocycles. The van der Waals surface area contributed by atoms with Crippen LogP contribution in [0.25, 0.3) is 0 Å². The number of rotatable bonds is 3. The summed E-state index contributed by atoms with van der Waals surface area (Å²) >= 11 is 3.37. The third kappa shape index (κ3) is 3.00. The molecule has 4 heteroatoms. The van der Waals surface area contributed by atoms with E-state index >= 15 is 0 Å². The summed E-state index contributed by atoms with van der Waals surface area (Å²) in [4.78, 5) is 0.688. The first kappa shape index (κ1) is 13.3. The molecule has 2 nitrogen and oxygen atoms in total. The zero-order valence-corrected chi connectivity index (χ0v) is 12.4. The van der Waals surface area contributed by atoms with Crippen LogP contribution in [-0.4, -0.2) is 4.21 Å². The molecule has 18 heavy (non-hydrogen) atoms. The largest absolute Gasteiger partial charge is 0.398 e. The maximum atomic E-state index is 12.3. The van der Waals surface area contributed by atoms with E-state index in [0.29, 0.717) is 16.3 Å². The van der Waals surface area contributed by atoms with Gasteiger partial charge in [0.1, 0.15) is 0 Å². The normalized spacial score (nSPS) is 12.3. The van der Waals surface area contributed by atoms with Gasteiger partial charge in [0.05, 0.1) is 21.4 Å². The highest BCUT2D eigenvalue weighted by Crippen LogP contribution is 2.24. The van der Waals surface area contributed by atoms with Crippen LogP contribution in [0, 0.1) is 6.92 Å². The van der Waals surface area contributed by atoms with E-state index in [9.17, 15) is 4.21 Å². The maximum absolute atomic E-state index is 12.3. The smallest absolute Gasteiger partial charge is 0.0632 e. The lowest BCUT2D eigenvalue weighted by molar-refractivity contribution is 0.682. The van der Waals surface area contributed by atoms with E-state index in [4.69, 9.17) is 5.73 Å². The van der Waals surface area contributed by atoms with Crippen molar-refractivity contribution in [3.8, 4) is 0 Å². The standard InChI is InChI=1S/C14H14BrNOS/c1-10-4-2-3-5-11(10)9-18(17)14-8-12(15)6-7-13(14)16/h2-8H,9,16H2,1H3. The molecule has 0 saturated carbocycles. The first-order valence-corrected chi connectivity index (χ1v) is 7.67. The Morgan fingerprint density at radius 1 is 1.22 bits per heavy atom. The Balaban J connectivity index is 2.28. The monoisotopic (exact) mass is 323 g/mol. The minimum absolute atomic E-state index is 0.493. The molecular formula is C14H14BrNOS. The number of halogens is 1. The van der Waals surface area contributed by atoms with Crippen LogP contribution >= 0.6 is 15.9 Å². The van der Waals surface area contributed by atoms with E-state index in [1.807, 2.05) is 43.3 Å². The molecule has 2 aromatic carbocycles. The van der Waals surface area contributed by atoms with Crippen LogP contribution < -0.4 is 5.73 Å². The number of nitrogens with two attached hydrogens (primary N) is 1. The van der Waals surface area contributed by atoms with E-state index in [1.54, 1.807) is 6.07 Å². The van der Waals surface area contributed by atoms with Gasteiger partial charge in [-0.25, -0.2) is 0 Å². The van der Waals surface area contributed by atoms with Gasteiger partial charge in [0.25, 0.3) is 0 Å². The molecule has 0 spiro atoms. The van der Waals surface area contributed by atoms with Crippen molar-refractivity contribution in [1.29, 1.82) is 0 Å². The quantitative estimate of drug-likeness (QED) is 0.876. The number of anilines is 1. The lowest BCUT2D eigenvalue weighted by Crippen LogP contribution is -2.02.